The van der Waals surface area contributed by atoms with Gasteiger partial charge in [0.2, 0.25) is 5.91 Å². The molecule has 2 rings (SSSR count). The molecule has 0 unspecified atom stereocenters. The van der Waals surface area contributed by atoms with Gasteiger partial charge in [-0.05, 0) is 30.1 Å². The van der Waals surface area contributed by atoms with Crippen LogP contribution in [-0.2, 0) is 16.0 Å². The van der Waals surface area contributed by atoms with Gasteiger partial charge in [0.05, 0.1) is 6.04 Å². The van der Waals surface area contributed by atoms with E-state index in [0.717, 1.165) is 22.2 Å². The SMILES string of the molecule is CSCC[C@H](N)C(=O)N[C@@H](Cc1c[nH]c2ccccc12)C(=O)O. The zero-order chi connectivity index (χ0) is 16.8. The first-order valence-electron chi connectivity index (χ1n) is 7.35. The summed E-state index contributed by atoms with van der Waals surface area (Å²) in [5.74, 6) is -0.735. The smallest absolute Gasteiger partial charge is 0.326 e. The van der Waals surface area contributed by atoms with Crippen molar-refractivity contribution in [2.45, 2.75) is 24.9 Å². The number of carboxylic acid groups (broad SMARTS) is 1. The van der Waals surface area contributed by atoms with Crippen LogP contribution >= 0.6 is 11.8 Å². The number of aromatic amines is 1. The van der Waals surface area contributed by atoms with E-state index in [1.807, 2.05) is 30.5 Å². The number of aromatic nitrogens is 1. The molecule has 1 amide bonds. The molecule has 2 atom stereocenters. The zero-order valence-electron chi connectivity index (χ0n) is 12.9. The Labute approximate surface area is 138 Å². The molecule has 1 aromatic carbocycles. The summed E-state index contributed by atoms with van der Waals surface area (Å²) < 4.78 is 0. The average Bonchev–Trinajstić information content (AvgIpc) is 2.95. The molecule has 0 saturated heterocycles. The van der Waals surface area contributed by atoms with E-state index in [-0.39, 0.29) is 6.42 Å². The Hall–Kier alpha value is -1.99. The molecule has 6 nitrogen and oxygen atoms in total. The van der Waals surface area contributed by atoms with Crippen LogP contribution in [0.25, 0.3) is 10.9 Å². The molecule has 1 heterocycles. The topological polar surface area (TPSA) is 108 Å². The van der Waals surface area contributed by atoms with Gasteiger partial charge in [-0.1, -0.05) is 18.2 Å². The van der Waals surface area contributed by atoms with Crippen LogP contribution < -0.4 is 11.1 Å². The second-order valence-electron chi connectivity index (χ2n) is 5.35. The van der Waals surface area contributed by atoms with Crippen LogP contribution in [0, 0.1) is 0 Å². The third-order valence-electron chi connectivity index (χ3n) is 3.68. The molecule has 0 saturated carbocycles. The van der Waals surface area contributed by atoms with Gasteiger partial charge in [-0.2, -0.15) is 11.8 Å². The maximum absolute atomic E-state index is 12.0. The predicted octanol–water partition coefficient (Wildman–Crippen LogP) is 1.36. The summed E-state index contributed by atoms with van der Waals surface area (Å²) in [4.78, 5) is 26.6. The van der Waals surface area contributed by atoms with Crippen molar-refractivity contribution in [2.75, 3.05) is 12.0 Å². The lowest BCUT2D eigenvalue weighted by molar-refractivity contribution is -0.141. The number of carbonyl (C=O) groups is 2. The van der Waals surface area contributed by atoms with Gasteiger partial charge in [0.25, 0.3) is 0 Å². The predicted molar refractivity (Wildman–Crippen MR) is 92.5 cm³/mol. The van der Waals surface area contributed by atoms with Crippen molar-refractivity contribution >= 4 is 34.5 Å². The highest BCUT2D eigenvalue weighted by Crippen LogP contribution is 2.19. The van der Waals surface area contributed by atoms with Gasteiger partial charge in [-0.15, -0.1) is 0 Å². The van der Waals surface area contributed by atoms with Crippen molar-refractivity contribution in [3.63, 3.8) is 0 Å². The first-order chi connectivity index (χ1) is 11.0. The van der Waals surface area contributed by atoms with Gasteiger partial charge in [0.1, 0.15) is 6.04 Å². The highest BCUT2D eigenvalue weighted by Gasteiger charge is 2.24. The maximum atomic E-state index is 12.0. The van der Waals surface area contributed by atoms with Crippen molar-refractivity contribution in [3.05, 3.63) is 36.0 Å². The number of fused-ring (bicyclic) bond motifs is 1. The molecule has 0 bridgehead atoms. The molecule has 23 heavy (non-hydrogen) atoms. The number of carboxylic acids is 1. The van der Waals surface area contributed by atoms with Gasteiger partial charge in [-0.25, -0.2) is 4.79 Å². The molecule has 0 aliphatic carbocycles. The van der Waals surface area contributed by atoms with Crippen LogP contribution in [0.2, 0.25) is 0 Å². The number of nitrogens with two attached hydrogens (primary N) is 1. The lowest BCUT2D eigenvalue weighted by Gasteiger charge is -2.17. The van der Waals surface area contributed by atoms with Crippen LogP contribution in [0.4, 0.5) is 0 Å². The Balaban J connectivity index is 2.07. The van der Waals surface area contributed by atoms with E-state index in [1.54, 1.807) is 18.0 Å². The number of amides is 1. The van der Waals surface area contributed by atoms with Crippen molar-refractivity contribution in [3.8, 4) is 0 Å². The fraction of sp³-hybridized carbons (Fsp3) is 0.375. The molecule has 1 aromatic heterocycles. The first kappa shape index (κ1) is 17.4. The van der Waals surface area contributed by atoms with Crippen molar-refractivity contribution in [1.82, 2.24) is 10.3 Å². The summed E-state index contributed by atoms with van der Waals surface area (Å²) in [5, 5.41) is 12.9. The minimum absolute atomic E-state index is 0.209. The van der Waals surface area contributed by atoms with Gasteiger partial charge >= 0.3 is 5.97 Å². The van der Waals surface area contributed by atoms with E-state index >= 15 is 0 Å². The fourth-order valence-electron chi connectivity index (χ4n) is 2.38. The standard InChI is InChI=1S/C16H21N3O3S/c1-23-7-6-12(17)15(20)19-14(16(21)22)8-10-9-18-13-5-3-2-4-11(10)13/h2-5,9,12,14,18H,6-8,17H2,1H3,(H,19,20)(H,21,22)/t12-,14-/m0/s1. The van der Waals surface area contributed by atoms with E-state index < -0.39 is 24.0 Å². The number of hydrogen-bond acceptors (Lipinski definition) is 4. The van der Waals surface area contributed by atoms with E-state index in [0.29, 0.717) is 6.42 Å². The summed E-state index contributed by atoms with van der Waals surface area (Å²) >= 11 is 1.60. The van der Waals surface area contributed by atoms with Crippen LogP contribution in [-0.4, -0.2) is 46.1 Å². The third-order valence-corrected chi connectivity index (χ3v) is 4.33. The Morgan fingerprint density at radius 3 is 2.83 bits per heavy atom. The highest BCUT2D eigenvalue weighted by molar-refractivity contribution is 7.98. The number of carbonyl (C=O) groups excluding carboxylic acids is 1. The van der Waals surface area contributed by atoms with Crippen LogP contribution in [0.3, 0.4) is 0 Å². The summed E-state index contributed by atoms with van der Waals surface area (Å²) in [5.41, 5.74) is 7.58. The Kier molecular flexibility index (Phi) is 6.06. The van der Waals surface area contributed by atoms with Crippen LogP contribution in [0.5, 0.6) is 0 Å². The number of rotatable bonds is 8. The monoisotopic (exact) mass is 335 g/mol. The number of H-pyrrole nitrogens is 1. The number of nitrogens with one attached hydrogen (secondary N) is 2. The van der Waals surface area contributed by atoms with Gasteiger partial charge in [-0.3, -0.25) is 4.79 Å². The molecule has 0 aliphatic rings. The highest BCUT2D eigenvalue weighted by atomic mass is 32.2. The van der Waals surface area contributed by atoms with E-state index in [9.17, 15) is 14.7 Å². The van der Waals surface area contributed by atoms with Crippen LogP contribution in [0.15, 0.2) is 30.5 Å². The summed E-state index contributed by atoms with van der Waals surface area (Å²) in [6.45, 7) is 0. The molecule has 2 aromatic rings. The number of aliphatic carboxylic acids is 1. The zero-order valence-corrected chi connectivity index (χ0v) is 13.7. The quantitative estimate of drug-likeness (QED) is 0.582. The third kappa shape index (κ3) is 4.49. The lowest BCUT2D eigenvalue weighted by atomic mass is 10.0. The molecular formula is C16H21N3O3S. The van der Waals surface area contributed by atoms with Crippen molar-refractivity contribution < 1.29 is 14.7 Å². The van der Waals surface area contributed by atoms with Gasteiger partial charge < -0.3 is 21.1 Å². The van der Waals surface area contributed by atoms with Crippen molar-refractivity contribution in [2.24, 2.45) is 5.73 Å². The van der Waals surface area contributed by atoms with E-state index in [2.05, 4.69) is 10.3 Å². The fourth-order valence-corrected chi connectivity index (χ4v) is 2.86. The Morgan fingerprint density at radius 1 is 1.39 bits per heavy atom. The molecule has 0 aliphatic heterocycles. The molecule has 7 heteroatoms. The van der Waals surface area contributed by atoms with E-state index in [1.165, 1.54) is 0 Å². The van der Waals surface area contributed by atoms with Crippen LogP contribution in [0.1, 0.15) is 12.0 Å². The summed E-state index contributed by atoms with van der Waals surface area (Å²) in [7, 11) is 0. The summed E-state index contributed by atoms with van der Waals surface area (Å²) in [6.07, 6.45) is 4.44. The largest absolute Gasteiger partial charge is 0.480 e. The molecule has 0 radical (unpaired) electrons. The number of thioether (sulfide) groups is 1. The number of para-hydroxylation sites is 1. The summed E-state index contributed by atoms with van der Waals surface area (Å²) in [6, 6.07) is 5.96. The molecule has 124 valence electrons. The van der Waals surface area contributed by atoms with Gasteiger partial charge in [0.15, 0.2) is 0 Å². The minimum atomic E-state index is -1.07. The molecular weight excluding hydrogens is 314 g/mol. The molecule has 0 fully saturated rings. The number of benzene rings is 1. The Morgan fingerprint density at radius 2 is 2.13 bits per heavy atom. The van der Waals surface area contributed by atoms with Crippen molar-refractivity contribution in [1.29, 1.82) is 0 Å². The molecule has 5 N–H and O–H groups in total. The second-order valence-corrected chi connectivity index (χ2v) is 6.34. The number of hydrogen-bond donors (Lipinski definition) is 4. The van der Waals surface area contributed by atoms with E-state index in [4.69, 9.17) is 5.73 Å². The second kappa shape index (κ2) is 8.03. The normalized spacial score (nSPS) is 13.7. The lowest BCUT2D eigenvalue weighted by Crippen LogP contribution is -2.49. The first-order valence-corrected chi connectivity index (χ1v) is 8.75. The minimum Gasteiger partial charge on any atom is -0.480 e. The molecule has 0 spiro atoms. The maximum Gasteiger partial charge on any atom is 0.326 e. The Bertz CT molecular complexity index is 686. The van der Waals surface area contributed by atoms with Gasteiger partial charge in [0, 0.05) is 23.5 Å². The average molecular weight is 335 g/mol.